The van der Waals surface area contributed by atoms with Gasteiger partial charge in [-0.3, -0.25) is 9.59 Å². The van der Waals surface area contributed by atoms with E-state index in [0.717, 1.165) is 42.5 Å². The Kier molecular flexibility index (Phi) is 5.17. The zero-order chi connectivity index (χ0) is 17.8. The van der Waals surface area contributed by atoms with Crippen molar-refractivity contribution in [3.05, 3.63) is 64.7 Å². The molecule has 1 saturated carbocycles. The van der Waals surface area contributed by atoms with Crippen LogP contribution in [-0.2, 0) is 12.8 Å². The Balaban J connectivity index is 1.74. The molecule has 0 spiro atoms. The zero-order valence-corrected chi connectivity index (χ0v) is 14.8. The highest BCUT2D eigenvalue weighted by atomic mass is 16.2. The average Bonchev–Trinajstić information content (AvgIpc) is 3.45. The Bertz CT molecular complexity index is 755. The predicted octanol–water partition coefficient (Wildman–Crippen LogP) is 3.96. The van der Waals surface area contributed by atoms with Gasteiger partial charge in [-0.1, -0.05) is 32.0 Å². The molecule has 25 heavy (non-hydrogen) atoms. The van der Waals surface area contributed by atoms with Gasteiger partial charge in [0.15, 0.2) is 0 Å². The number of hydrogen-bond acceptors (Lipinski definition) is 2. The van der Waals surface area contributed by atoms with Crippen LogP contribution in [0.1, 0.15) is 58.5 Å². The van der Waals surface area contributed by atoms with E-state index in [0.29, 0.717) is 17.2 Å². The molecule has 4 heteroatoms. The number of carbonyl (C=O) groups is 2. The van der Waals surface area contributed by atoms with Gasteiger partial charge in [-0.15, -0.1) is 0 Å². The maximum absolute atomic E-state index is 12.6. The summed E-state index contributed by atoms with van der Waals surface area (Å²) in [7, 11) is 0. The molecule has 0 atom stereocenters. The van der Waals surface area contributed by atoms with Gasteiger partial charge in [0.2, 0.25) is 0 Å². The highest BCUT2D eigenvalue weighted by Gasteiger charge is 2.23. The van der Waals surface area contributed by atoms with Crippen LogP contribution >= 0.6 is 0 Å². The lowest BCUT2D eigenvalue weighted by atomic mass is 10.0. The minimum atomic E-state index is -0.148. The second-order valence-corrected chi connectivity index (χ2v) is 6.44. The monoisotopic (exact) mass is 336 g/mol. The van der Waals surface area contributed by atoms with Gasteiger partial charge in [0, 0.05) is 22.9 Å². The molecule has 0 bridgehead atoms. The number of nitrogens with one attached hydrogen (secondary N) is 2. The van der Waals surface area contributed by atoms with E-state index in [9.17, 15) is 9.59 Å². The normalized spacial score (nSPS) is 13.4. The summed E-state index contributed by atoms with van der Waals surface area (Å²) in [6.07, 6.45) is 3.85. The first-order valence-electron chi connectivity index (χ1n) is 8.95. The number of para-hydroxylation sites is 1. The smallest absolute Gasteiger partial charge is 0.255 e. The van der Waals surface area contributed by atoms with Crippen molar-refractivity contribution in [3.63, 3.8) is 0 Å². The molecule has 0 aliphatic heterocycles. The van der Waals surface area contributed by atoms with Crippen LogP contribution in [0.3, 0.4) is 0 Å². The fourth-order valence-corrected chi connectivity index (χ4v) is 2.86. The van der Waals surface area contributed by atoms with Gasteiger partial charge in [-0.2, -0.15) is 0 Å². The van der Waals surface area contributed by atoms with Crippen molar-refractivity contribution in [1.82, 2.24) is 5.32 Å². The van der Waals surface area contributed by atoms with E-state index in [1.54, 1.807) is 24.3 Å². The number of aryl methyl sites for hydroxylation is 2. The maximum Gasteiger partial charge on any atom is 0.255 e. The van der Waals surface area contributed by atoms with Crippen LogP contribution in [0.15, 0.2) is 42.5 Å². The molecular formula is C21H24N2O2. The number of amides is 2. The number of hydrogen-bond donors (Lipinski definition) is 2. The van der Waals surface area contributed by atoms with Gasteiger partial charge in [0.1, 0.15) is 0 Å². The molecule has 2 N–H and O–H groups in total. The maximum atomic E-state index is 12.6. The standard InChI is InChI=1S/C21H24N2O2/c1-3-14-6-5-7-15(4-2)19(14)23-21(25)17-10-8-16(9-11-17)20(24)22-18-12-13-18/h5-11,18H,3-4,12-13H2,1-2H3,(H,22,24)(H,23,25). The fraction of sp³-hybridized carbons (Fsp3) is 0.333. The first-order chi connectivity index (χ1) is 12.1. The van der Waals surface area contributed by atoms with Crippen LogP contribution in [0.5, 0.6) is 0 Å². The minimum Gasteiger partial charge on any atom is -0.349 e. The second-order valence-electron chi connectivity index (χ2n) is 6.44. The molecule has 1 fully saturated rings. The summed E-state index contributed by atoms with van der Waals surface area (Å²) in [6, 6.07) is 13.3. The molecule has 4 nitrogen and oxygen atoms in total. The van der Waals surface area contributed by atoms with E-state index in [2.05, 4.69) is 24.5 Å². The van der Waals surface area contributed by atoms with Gasteiger partial charge in [0.25, 0.3) is 11.8 Å². The van der Waals surface area contributed by atoms with Crippen molar-refractivity contribution in [2.24, 2.45) is 0 Å². The summed E-state index contributed by atoms with van der Waals surface area (Å²) in [5.74, 6) is -0.219. The second kappa shape index (κ2) is 7.51. The number of anilines is 1. The Morgan fingerprint density at radius 1 is 0.880 bits per heavy atom. The molecule has 3 rings (SSSR count). The van der Waals surface area contributed by atoms with Crippen LogP contribution < -0.4 is 10.6 Å². The molecule has 2 aromatic carbocycles. The number of rotatable bonds is 6. The molecule has 0 unspecified atom stereocenters. The van der Waals surface area contributed by atoms with Crippen molar-refractivity contribution < 1.29 is 9.59 Å². The van der Waals surface area contributed by atoms with Gasteiger partial charge in [0.05, 0.1) is 0 Å². The van der Waals surface area contributed by atoms with E-state index in [-0.39, 0.29) is 11.8 Å². The fourth-order valence-electron chi connectivity index (χ4n) is 2.86. The molecule has 2 aromatic rings. The van der Waals surface area contributed by atoms with E-state index in [4.69, 9.17) is 0 Å². The third-order valence-electron chi connectivity index (χ3n) is 4.56. The molecule has 1 aliphatic carbocycles. The highest BCUT2D eigenvalue weighted by Crippen LogP contribution is 2.23. The van der Waals surface area contributed by atoms with Crippen LogP contribution in [0.4, 0.5) is 5.69 Å². The van der Waals surface area contributed by atoms with Crippen molar-refractivity contribution in [3.8, 4) is 0 Å². The lowest BCUT2D eigenvalue weighted by Crippen LogP contribution is -2.25. The SMILES string of the molecule is CCc1cccc(CC)c1NC(=O)c1ccc(C(=O)NC2CC2)cc1. The van der Waals surface area contributed by atoms with Crippen LogP contribution in [0, 0.1) is 0 Å². The first kappa shape index (κ1) is 17.2. The molecule has 0 heterocycles. The molecule has 1 aliphatic rings. The first-order valence-corrected chi connectivity index (χ1v) is 8.95. The number of benzene rings is 2. The quantitative estimate of drug-likeness (QED) is 0.839. The summed E-state index contributed by atoms with van der Waals surface area (Å²) in [6.45, 7) is 4.16. The Morgan fingerprint density at radius 3 is 1.88 bits per heavy atom. The van der Waals surface area contributed by atoms with Crippen molar-refractivity contribution in [2.45, 2.75) is 45.6 Å². The van der Waals surface area contributed by atoms with Crippen molar-refractivity contribution >= 4 is 17.5 Å². The van der Waals surface area contributed by atoms with Gasteiger partial charge < -0.3 is 10.6 Å². The van der Waals surface area contributed by atoms with Gasteiger partial charge >= 0.3 is 0 Å². The van der Waals surface area contributed by atoms with Crippen LogP contribution in [0.2, 0.25) is 0 Å². The third-order valence-corrected chi connectivity index (χ3v) is 4.56. The van der Waals surface area contributed by atoms with Crippen molar-refractivity contribution in [2.75, 3.05) is 5.32 Å². The molecule has 130 valence electrons. The molecule has 0 aromatic heterocycles. The van der Waals surface area contributed by atoms with E-state index in [1.165, 1.54) is 0 Å². The predicted molar refractivity (Wildman–Crippen MR) is 100 cm³/mol. The largest absolute Gasteiger partial charge is 0.349 e. The molecule has 0 radical (unpaired) electrons. The van der Waals surface area contributed by atoms with Crippen LogP contribution in [-0.4, -0.2) is 17.9 Å². The molecule has 0 saturated heterocycles. The van der Waals surface area contributed by atoms with Gasteiger partial charge in [-0.05, 0) is 61.1 Å². The lowest BCUT2D eigenvalue weighted by molar-refractivity contribution is 0.0949. The Labute approximate surface area is 148 Å². The topological polar surface area (TPSA) is 58.2 Å². The van der Waals surface area contributed by atoms with E-state index < -0.39 is 0 Å². The minimum absolute atomic E-state index is 0.0703. The van der Waals surface area contributed by atoms with E-state index in [1.807, 2.05) is 18.2 Å². The summed E-state index contributed by atoms with van der Waals surface area (Å²) in [5, 5.41) is 6.00. The lowest BCUT2D eigenvalue weighted by Gasteiger charge is -2.14. The summed E-state index contributed by atoms with van der Waals surface area (Å²) in [4.78, 5) is 24.6. The van der Waals surface area contributed by atoms with E-state index >= 15 is 0 Å². The summed E-state index contributed by atoms with van der Waals surface area (Å²) < 4.78 is 0. The Hall–Kier alpha value is -2.62. The average molecular weight is 336 g/mol. The van der Waals surface area contributed by atoms with Gasteiger partial charge in [-0.25, -0.2) is 0 Å². The number of carbonyl (C=O) groups excluding carboxylic acids is 2. The third kappa shape index (κ3) is 4.08. The molecular weight excluding hydrogens is 312 g/mol. The molecule has 2 amide bonds. The zero-order valence-electron chi connectivity index (χ0n) is 14.8. The summed E-state index contributed by atoms with van der Waals surface area (Å²) in [5.41, 5.74) is 4.32. The van der Waals surface area contributed by atoms with Crippen LogP contribution in [0.25, 0.3) is 0 Å². The Morgan fingerprint density at radius 2 is 1.40 bits per heavy atom. The summed E-state index contributed by atoms with van der Waals surface area (Å²) >= 11 is 0. The van der Waals surface area contributed by atoms with Crippen molar-refractivity contribution in [1.29, 1.82) is 0 Å². The highest BCUT2D eigenvalue weighted by molar-refractivity contribution is 6.05.